The summed E-state index contributed by atoms with van der Waals surface area (Å²) in [6.45, 7) is 1.24. The first kappa shape index (κ1) is 10.4. The number of rotatable bonds is 1. The third kappa shape index (κ3) is 1.82. The Morgan fingerprint density at radius 2 is 2.15 bits per heavy atom. The standard InChI is InChI=1S/C7H11FO4S/c1-7(6(9)10)2-3-13(11,12)4-5(7)8/h5H,2-4H2,1H3,(H,9,10). The van der Waals surface area contributed by atoms with E-state index in [2.05, 4.69) is 0 Å². The first-order valence-electron chi connectivity index (χ1n) is 3.86. The Hall–Kier alpha value is -0.650. The lowest BCUT2D eigenvalue weighted by atomic mass is 9.83. The lowest BCUT2D eigenvalue weighted by Gasteiger charge is -2.32. The van der Waals surface area contributed by atoms with Gasteiger partial charge in [-0.05, 0) is 13.3 Å². The van der Waals surface area contributed by atoms with Crippen molar-refractivity contribution in [3.05, 3.63) is 0 Å². The van der Waals surface area contributed by atoms with Crippen molar-refractivity contribution < 1.29 is 22.7 Å². The number of carbonyl (C=O) groups is 1. The van der Waals surface area contributed by atoms with Gasteiger partial charge < -0.3 is 5.11 Å². The van der Waals surface area contributed by atoms with Gasteiger partial charge in [0.2, 0.25) is 0 Å². The normalized spacial score (nSPS) is 38.5. The van der Waals surface area contributed by atoms with Gasteiger partial charge in [-0.1, -0.05) is 0 Å². The van der Waals surface area contributed by atoms with Crippen LogP contribution in [0.4, 0.5) is 4.39 Å². The molecular weight excluding hydrogens is 199 g/mol. The first-order valence-corrected chi connectivity index (χ1v) is 5.68. The summed E-state index contributed by atoms with van der Waals surface area (Å²) >= 11 is 0. The lowest BCUT2D eigenvalue weighted by Crippen LogP contribution is -2.47. The Morgan fingerprint density at radius 1 is 1.62 bits per heavy atom. The molecule has 0 spiro atoms. The topological polar surface area (TPSA) is 71.4 Å². The maximum absolute atomic E-state index is 13.2. The largest absolute Gasteiger partial charge is 0.481 e. The molecule has 0 aromatic rings. The molecule has 1 aliphatic rings. The van der Waals surface area contributed by atoms with Crippen LogP contribution in [0.2, 0.25) is 0 Å². The Bertz CT molecular complexity index is 323. The molecule has 0 aromatic heterocycles. The summed E-state index contributed by atoms with van der Waals surface area (Å²) < 4.78 is 35.1. The Morgan fingerprint density at radius 3 is 2.54 bits per heavy atom. The number of carboxylic acid groups (broad SMARTS) is 1. The monoisotopic (exact) mass is 210 g/mol. The van der Waals surface area contributed by atoms with E-state index in [1.807, 2.05) is 0 Å². The van der Waals surface area contributed by atoms with Crippen LogP contribution in [0.3, 0.4) is 0 Å². The van der Waals surface area contributed by atoms with E-state index in [9.17, 15) is 17.6 Å². The van der Waals surface area contributed by atoms with Gasteiger partial charge in [0.25, 0.3) is 0 Å². The molecule has 1 N–H and O–H groups in total. The van der Waals surface area contributed by atoms with Crippen molar-refractivity contribution in [3.8, 4) is 0 Å². The summed E-state index contributed by atoms with van der Waals surface area (Å²) in [6, 6.07) is 0. The van der Waals surface area contributed by atoms with Crippen LogP contribution in [-0.2, 0) is 14.6 Å². The van der Waals surface area contributed by atoms with Gasteiger partial charge in [0.05, 0.1) is 16.9 Å². The van der Waals surface area contributed by atoms with Crippen molar-refractivity contribution in [3.63, 3.8) is 0 Å². The second-order valence-corrected chi connectivity index (χ2v) is 5.78. The highest BCUT2D eigenvalue weighted by atomic mass is 32.2. The zero-order valence-electron chi connectivity index (χ0n) is 7.16. The molecule has 76 valence electrons. The van der Waals surface area contributed by atoms with Crippen LogP contribution in [0, 0.1) is 5.41 Å². The molecule has 0 radical (unpaired) electrons. The molecule has 13 heavy (non-hydrogen) atoms. The minimum Gasteiger partial charge on any atom is -0.481 e. The van der Waals surface area contributed by atoms with Crippen LogP contribution < -0.4 is 0 Å². The zero-order chi connectivity index (χ0) is 10.3. The molecule has 2 unspecified atom stereocenters. The average Bonchev–Trinajstić information content (AvgIpc) is 1.96. The molecule has 1 aliphatic heterocycles. The Balaban J connectivity index is 2.92. The molecule has 0 amide bonds. The molecule has 1 saturated heterocycles. The van der Waals surface area contributed by atoms with Gasteiger partial charge in [-0.25, -0.2) is 12.8 Å². The second-order valence-electron chi connectivity index (χ2n) is 3.55. The van der Waals surface area contributed by atoms with Crippen LogP contribution in [0.15, 0.2) is 0 Å². The fourth-order valence-electron chi connectivity index (χ4n) is 1.26. The summed E-state index contributed by atoms with van der Waals surface area (Å²) in [5, 5.41) is 8.70. The molecule has 0 aromatic carbocycles. The Kier molecular flexibility index (Phi) is 2.36. The van der Waals surface area contributed by atoms with Gasteiger partial charge in [0.1, 0.15) is 6.17 Å². The van der Waals surface area contributed by atoms with Gasteiger partial charge in [-0.2, -0.15) is 0 Å². The number of hydrogen-bond acceptors (Lipinski definition) is 3. The summed E-state index contributed by atoms with van der Waals surface area (Å²) in [7, 11) is -3.37. The van der Waals surface area contributed by atoms with Crippen LogP contribution in [0.1, 0.15) is 13.3 Å². The van der Waals surface area contributed by atoms with Gasteiger partial charge >= 0.3 is 5.97 Å². The zero-order valence-corrected chi connectivity index (χ0v) is 7.97. The molecule has 6 heteroatoms. The van der Waals surface area contributed by atoms with Crippen LogP contribution in [0.25, 0.3) is 0 Å². The van der Waals surface area contributed by atoms with E-state index >= 15 is 0 Å². The van der Waals surface area contributed by atoms with E-state index in [1.165, 1.54) is 6.92 Å². The molecule has 1 fully saturated rings. The van der Waals surface area contributed by atoms with Crippen molar-refractivity contribution in [2.45, 2.75) is 19.5 Å². The third-order valence-corrected chi connectivity index (χ3v) is 4.14. The van der Waals surface area contributed by atoms with Gasteiger partial charge in [0, 0.05) is 0 Å². The Labute approximate surface area is 75.7 Å². The molecule has 4 nitrogen and oxygen atoms in total. The van der Waals surface area contributed by atoms with Crippen molar-refractivity contribution >= 4 is 15.8 Å². The van der Waals surface area contributed by atoms with E-state index in [0.717, 1.165) is 0 Å². The fraction of sp³-hybridized carbons (Fsp3) is 0.857. The van der Waals surface area contributed by atoms with Gasteiger partial charge in [-0.3, -0.25) is 4.79 Å². The first-order chi connectivity index (χ1) is 5.78. The molecule has 0 saturated carbocycles. The van der Waals surface area contributed by atoms with Crippen molar-refractivity contribution in [1.29, 1.82) is 0 Å². The molecule has 2 atom stereocenters. The maximum atomic E-state index is 13.2. The molecule has 0 aliphatic carbocycles. The second kappa shape index (κ2) is 2.94. The number of aliphatic carboxylic acids is 1. The van der Waals surface area contributed by atoms with Crippen molar-refractivity contribution in [2.75, 3.05) is 11.5 Å². The number of sulfone groups is 1. The smallest absolute Gasteiger partial charge is 0.312 e. The average molecular weight is 210 g/mol. The fourth-order valence-corrected chi connectivity index (χ4v) is 2.97. The maximum Gasteiger partial charge on any atom is 0.312 e. The molecule has 1 rings (SSSR count). The van der Waals surface area contributed by atoms with E-state index < -0.39 is 33.1 Å². The summed E-state index contributed by atoms with van der Waals surface area (Å²) in [5.41, 5.74) is -1.54. The van der Waals surface area contributed by atoms with E-state index in [-0.39, 0.29) is 12.2 Å². The highest BCUT2D eigenvalue weighted by Crippen LogP contribution is 2.34. The SMILES string of the molecule is CC1(C(=O)O)CCS(=O)(=O)CC1F. The third-order valence-electron chi connectivity index (χ3n) is 2.51. The van der Waals surface area contributed by atoms with Crippen LogP contribution >= 0.6 is 0 Å². The summed E-state index contributed by atoms with van der Waals surface area (Å²) in [6.07, 6.45) is -1.95. The number of carboxylic acids is 1. The highest BCUT2D eigenvalue weighted by molar-refractivity contribution is 7.91. The van der Waals surface area contributed by atoms with Crippen molar-refractivity contribution in [2.24, 2.45) is 5.41 Å². The number of alkyl halides is 1. The molecule has 1 heterocycles. The predicted octanol–water partition coefficient (Wildman–Crippen LogP) is 0.234. The van der Waals surface area contributed by atoms with E-state index in [1.54, 1.807) is 0 Å². The highest BCUT2D eigenvalue weighted by Gasteiger charge is 2.48. The molecular formula is C7H11FO4S. The van der Waals surface area contributed by atoms with Gasteiger partial charge in [0.15, 0.2) is 9.84 Å². The molecule has 0 bridgehead atoms. The lowest BCUT2D eigenvalue weighted by molar-refractivity contribution is -0.151. The van der Waals surface area contributed by atoms with Crippen LogP contribution in [-0.4, -0.2) is 37.2 Å². The number of halogens is 1. The summed E-state index contributed by atoms with van der Waals surface area (Å²) in [4.78, 5) is 10.7. The minimum absolute atomic E-state index is 0.147. The number of hydrogen-bond donors (Lipinski definition) is 1. The van der Waals surface area contributed by atoms with Crippen molar-refractivity contribution in [1.82, 2.24) is 0 Å². The van der Waals surface area contributed by atoms with E-state index in [4.69, 9.17) is 5.11 Å². The van der Waals surface area contributed by atoms with E-state index in [0.29, 0.717) is 0 Å². The minimum atomic E-state index is -3.37. The summed E-state index contributed by atoms with van der Waals surface area (Å²) in [5.74, 6) is -2.18. The quantitative estimate of drug-likeness (QED) is 0.672. The van der Waals surface area contributed by atoms with Gasteiger partial charge in [-0.15, -0.1) is 0 Å². The van der Waals surface area contributed by atoms with Crippen LogP contribution in [0.5, 0.6) is 0 Å². The predicted molar refractivity (Wildman–Crippen MR) is 43.9 cm³/mol.